The third kappa shape index (κ3) is 2.80. The topological polar surface area (TPSA) is 97.7 Å². The van der Waals surface area contributed by atoms with Gasteiger partial charge >= 0.3 is 11.9 Å². The highest BCUT2D eigenvalue weighted by molar-refractivity contribution is 7.91. The number of carboxylic acids is 1. The molecule has 1 saturated heterocycles. The Balaban J connectivity index is 2.45. The zero-order valence-corrected chi connectivity index (χ0v) is 13.0. The van der Waals surface area contributed by atoms with Crippen LogP contribution in [0.25, 0.3) is 0 Å². The third-order valence-electron chi connectivity index (χ3n) is 4.84. The molecule has 0 radical (unpaired) electrons. The number of hydrogen-bond acceptors (Lipinski definition) is 5. The lowest BCUT2D eigenvalue weighted by molar-refractivity contribution is -0.178. The fraction of sp³-hybridized carbons (Fsp3) is 0.857. The van der Waals surface area contributed by atoms with Gasteiger partial charge in [0.2, 0.25) is 0 Å². The van der Waals surface area contributed by atoms with E-state index in [1.54, 1.807) is 6.92 Å². The molecular weight excluding hydrogens is 296 g/mol. The molecule has 2 rings (SSSR count). The molecule has 1 aliphatic heterocycles. The maximum Gasteiger partial charge on any atom is 0.324 e. The second-order valence-electron chi connectivity index (χ2n) is 5.98. The van der Waals surface area contributed by atoms with E-state index in [1.807, 2.05) is 0 Å². The molecule has 1 heterocycles. The van der Waals surface area contributed by atoms with Gasteiger partial charge in [0.15, 0.2) is 15.3 Å². The number of carboxylic acid groups (broad SMARTS) is 1. The minimum atomic E-state index is -3.26. The summed E-state index contributed by atoms with van der Waals surface area (Å²) in [6.45, 7) is 1.73. The van der Waals surface area contributed by atoms with Crippen LogP contribution in [0.4, 0.5) is 0 Å². The fourth-order valence-electron chi connectivity index (χ4n) is 3.89. The molecule has 0 aromatic heterocycles. The minimum absolute atomic E-state index is 0.0428. The Morgan fingerprint density at radius 2 is 1.81 bits per heavy atom. The molecule has 120 valence electrons. The Morgan fingerprint density at radius 3 is 2.24 bits per heavy atom. The van der Waals surface area contributed by atoms with Gasteiger partial charge in [0, 0.05) is 5.92 Å². The Labute approximate surface area is 124 Å². The van der Waals surface area contributed by atoms with E-state index < -0.39 is 33.1 Å². The van der Waals surface area contributed by atoms with Crippen LogP contribution in [0.15, 0.2) is 0 Å². The van der Waals surface area contributed by atoms with E-state index in [0.717, 1.165) is 12.8 Å². The van der Waals surface area contributed by atoms with Crippen LogP contribution in [0.5, 0.6) is 0 Å². The van der Waals surface area contributed by atoms with Gasteiger partial charge in [0.05, 0.1) is 18.1 Å². The molecule has 2 aliphatic rings. The molecule has 0 aromatic rings. The fourth-order valence-corrected chi connectivity index (χ4v) is 5.74. The van der Waals surface area contributed by atoms with Gasteiger partial charge < -0.3 is 9.84 Å². The van der Waals surface area contributed by atoms with Gasteiger partial charge in [0.1, 0.15) is 0 Å². The first-order valence-corrected chi connectivity index (χ1v) is 9.27. The van der Waals surface area contributed by atoms with Crippen molar-refractivity contribution in [3.63, 3.8) is 0 Å². The second kappa shape index (κ2) is 5.94. The van der Waals surface area contributed by atoms with Crippen LogP contribution in [-0.4, -0.2) is 43.6 Å². The summed E-state index contributed by atoms with van der Waals surface area (Å²) < 4.78 is 28.6. The van der Waals surface area contributed by atoms with Crippen molar-refractivity contribution in [2.24, 2.45) is 17.3 Å². The summed E-state index contributed by atoms with van der Waals surface area (Å²) in [6.07, 6.45) is 3.25. The van der Waals surface area contributed by atoms with E-state index in [4.69, 9.17) is 4.74 Å². The highest BCUT2D eigenvalue weighted by Gasteiger charge is 2.61. The molecule has 7 heteroatoms. The first-order valence-electron chi connectivity index (χ1n) is 7.45. The Bertz CT molecular complexity index is 520. The average molecular weight is 318 g/mol. The van der Waals surface area contributed by atoms with E-state index in [1.165, 1.54) is 0 Å². The first-order chi connectivity index (χ1) is 9.84. The molecule has 2 unspecified atom stereocenters. The van der Waals surface area contributed by atoms with E-state index >= 15 is 0 Å². The van der Waals surface area contributed by atoms with E-state index in [2.05, 4.69) is 0 Å². The molecule has 1 aliphatic carbocycles. The van der Waals surface area contributed by atoms with E-state index in [0.29, 0.717) is 12.8 Å². The average Bonchev–Trinajstić information content (AvgIpc) is 3.01. The number of ether oxygens (including phenoxy) is 1. The molecule has 21 heavy (non-hydrogen) atoms. The van der Waals surface area contributed by atoms with Crippen LogP contribution in [0.2, 0.25) is 0 Å². The summed E-state index contributed by atoms with van der Waals surface area (Å²) in [5.41, 5.74) is -1.70. The van der Waals surface area contributed by atoms with E-state index in [9.17, 15) is 23.1 Å². The lowest BCUT2D eigenvalue weighted by Crippen LogP contribution is -2.52. The quantitative estimate of drug-likeness (QED) is 0.605. The summed E-state index contributed by atoms with van der Waals surface area (Å²) in [7, 11) is -3.26. The molecule has 2 fully saturated rings. The molecule has 2 atom stereocenters. The lowest BCUT2D eigenvalue weighted by atomic mass is 9.65. The Hall–Kier alpha value is -1.11. The largest absolute Gasteiger partial charge is 0.480 e. The third-order valence-corrected chi connectivity index (χ3v) is 6.61. The monoisotopic (exact) mass is 318 g/mol. The van der Waals surface area contributed by atoms with Crippen molar-refractivity contribution in [3.05, 3.63) is 0 Å². The predicted octanol–water partition coefficient (Wildman–Crippen LogP) is 1.25. The van der Waals surface area contributed by atoms with Gasteiger partial charge in [0.25, 0.3) is 0 Å². The van der Waals surface area contributed by atoms with Crippen molar-refractivity contribution in [3.8, 4) is 0 Å². The Kier molecular flexibility index (Phi) is 4.60. The number of esters is 1. The predicted molar refractivity (Wildman–Crippen MR) is 75.4 cm³/mol. The second-order valence-corrected chi connectivity index (χ2v) is 8.20. The zero-order valence-electron chi connectivity index (χ0n) is 12.2. The number of hydrogen-bond donors (Lipinski definition) is 1. The normalized spacial score (nSPS) is 28.1. The van der Waals surface area contributed by atoms with Crippen LogP contribution in [0.3, 0.4) is 0 Å². The van der Waals surface area contributed by atoms with Crippen LogP contribution in [0.1, 0.15) is 39.0 Å². The molecule has 0 spiro atoms. The highest BCUT2D eigenvalue weighted by Crippen LogP contribution is 2.49. The van der Waals surface area contributed by atoms with Crippen LogP contribution in [0, 0.1) is 17.3 Å². The SMILES string of the molecule is CCOC(=O)C(C(=O)O)(C1CCCC1)C1CCS(=O)(=O)C1. The molecule has 0 aromatic carbocycles. The van der Waals surface area contributed by atoms with Gasteiger partial charge in [-0.2, -0.15) is 0 Å². The molecule has 1 N–H and O–H groups in total. The number of carbonyl (C=O) groups is 2. The van der Waals surface area contributed by atoms with Crippen molar-refractivity contribution >= 4 is 21.8 Å². The van der Waals surface area contributed by atoms with Crippen molar-refractivity contribution in [1.29, 1.82) is 0 Å². The van der Waals surface area contributed by atoms with Gasteiger partial charge in [-0.05, 0) is 32.1 Å². The Morgan fingerprint density at radius 1 is 1.19 bits per heavy atom. The van der Waals surface area contributed by atoms with Crippen molar-refractivity contribution in [2.75, 3.05) is 18.1 Å². The number of aliphatic carboxylic acids is 1. The lowest BCUT2D eigenvalue weighted by Gasteiger charge is -2.37. The molecule has 6 nitrogen and oxygen atoms in total. The van der Waals surface area contributed by atoms with Gasteiger partial charge in [-0.1, -0.05) is 12.8 Å². The van der Waals surface area contributed by atoms with Crippen molar-refractivity contribution in [1.82, 2.24) is 0 Å². The zero-order chi connectivity index (χ0) is 15.7. The molecule has 0 bridgehead atoms. The highest BCUT2D eigenvalue weighted by atomic mass is 32.2. The van der Waals surface area contributed by atoms with Crippen LogP contribution < -0.4 is 0 Å². The summed E-state index contributed by atoms with van der Waals surface area (Å²) in [6, 6.07) is 0. The summed E-state index contributed by atoms with van der Waals surface area (Å²) in [5.74, 6) is -3.26. The number of carbonyl (C=O) groups excluding carboxylic acids is 1. The van der Waals surface area contributed by atoms with E-state index in [-0.39, 0.29) is 30.5 Å². The maximum atomic E-state index is 12.5. The molecular formula is C14H22O6S. The molecule has 0 amide bonds. The van der Waals surface area contributed by atoms with Gasteiger partial charge in [-0.15, -0.1) is 0 Å². The summed E-state index contributed by atoms with van der Waals surface area (Å²) in [4.78, 5) is 24.5. The minimum Gasteiger partial charge on any atom is -0.480 e. The van der Waals surface area contributed by atoms with Crippen molar-refractivity contribution in [2.45, 2.75) is 39.0 Å². The smallest absolute Gasteiger partial charge is 0.324 e. The number of sulfone groups is 1. The van der Waals surface area contributed by atoms with Crippen LogP contribution in [-0.2, 0) is 24.2 Å². The van der Waals surface area contributed by atoms with Crippen molar-refractivity contribution < 1.29 is 27.9 Å². The van der Waals surface area contributed by atoms with Gasteiger partial charge in [-0.3, -0.25) is 9.59 Å². The van der Waals surface area contributed by atoms with Gasteiger partial charge in [-0.25, -0.2) is 8.42 Å². The summed E-state index contributed by atoms with van der Waals surface area (Å²) in [5, 5.41) is 9.82. The van der Waals surface area contributed by atoms with Crippen LogP contribution >= 0.6 is 0 Å². The number of rotatable bonds is 5. The first kappa shape index (κ1) is 16.3. The maximum absolute atomic E-state index is 12.5. The molecule has 1 saturated carbocycles. The summed E-state index contributed by atoms with van der Waals surface area (Å²) >= 11 is 0. The standard InChI is InChI=1S/C14H22O6S/c1-2-20-13(17)14(12(15)16,10-5-3-4-6-10)11-7-8-21(18,19)9-11/h10-11H,2-9H2,1H3,(H,15,16).